The quantitative estimate of drug-likeness (QED) is 0.297. The monoisotopic (exact) mass is 118 g/mol. The van der Waals surface area contributed by atoms with Gasteiger partial charge in [0.25, 0.3) is 0 Å². The maximum atomic E-state index is 7.17. The van der Waals surface area contributed by atoms with E-state index >= 15 is 0 Å². The maximum Gasteiger partial charge on any atom is 0.631 e. The summed E-state index contributed by atoms with van der Waals surface area (Å²) in [6.07, 6.45) is 0. The van der Waals surface area contributed by atoms with Crippen LogP contribution in [0.3, 0.4) is 0 Å². The summed E-state index contributed by atoms with van der Waals surface area (Å²) in [6, 6.07) is 0. The molecule has 8 heavy (non-hydrogen) atoms. The van der Waals surface area contributed by atoms with E-state index in [0.29, 0.717) is 0 Å². The lowest BCUT2D eigenvalue weighted by Gasteiger charge is -1.69. The van der Waals surface area contributed by atoms with Crippen molar-refractivity contribution in [2.45, 2.75) is 13.8 Å². The summed E-state index contributed by atoms with van der Waals surface area (Å²) in [7, 11) is -2.17. The van der Waals surface area contributed by atoms with Gasteiger partial charge in [-0.05, 0) is 13.8 Å². The van der Waals surface area contributed by atoms with Gasteiger partial charge in [0, 0.05) is 0 Å². The first-order valence-electron chi connectivity index (χ1n) is 2.13. The third kappa shape index (κ3) is 1260. The van der Waals surface area contributed by atoms with E-state index in [1.54, 1.807) is 0 Å². The number of allylic oxidation sites excluding steroid dienone is 1. The van der Waals surface area contributed by atoms with Gasteiger partial charge in [-0.25, -0.2) is 0 Å². The standard InChI is InChI=1S/C4H8.BH3O3/c1-4(2)3;2-1(3)4/h1H2,2-3H3;2-4H. The van der Waals surface area contributed by atoms with Crippen LogP contribution in [-0.4, -0.2) is 22.4 Å². The molecule has 0 rings (SSSR count). The van der Waals surface area contributed by atoms with Gasteiger partial charge in [-0.3, -0.25) is 0 Å². The van der Waals surface area contributed by atoms with E-state index in [1.165, 1.54) is 5.57 Å². The third-order valence-corrected chi connectivity index (χ3v) is 0. The van der Waals surface area contributed by atoms with Gasteiger partial charge >= 0.3 is 7.32 Å². The molecule has 0 aromatic heterocycles. The van der Waals surface area contributed by atoms with Crippen LogP contribution >= 0.6 is 0 Å². The van der Waals surface area contributed by atoms with Crippen molar-refractivity contribution in [3.05, 3.63) is 12.2 Å². The normalized spacial score (nSPS) is 6.62. The largest absolute Gasteiger partial charge is 0.631 e. The molecule has 0 bridgehead atoms. The van der Waals surface area contributed by atoms with Crippen molar-refractivity contribution in [1.82, 2.24) is 0 Å². The second kappa shape index (κ2) is 6.68. The number of rotatable bonds is 0. The van der Waals surface area contributed by atoms with E-state index < -0.39 is 7.32 Å². The van der Waals surface area contributed by atoms with Crippen LogP contribution in [0.5, 0.6) is 0 Å². The van der Waals surface area contributed by atoms with Crippen LogP contribution < -0.4 is 0 Å². The lowest BCUT2D eigenvalue weighted by molar-refractivity contribution is 0.278. The summed E-state index contributed by atoms with van der Waals surface area (Å²) in [5.41, 5.74) is 1.17. The first-order valence-corrected chi connectivity index (χ1v) is 2.13. The Kier molecular flexibility index (Phi) is 8.88. The minimum Gasteiger partial charge on any atom is -0.402 e. The lowest BCUT2D eigenvalue weighted by Crippen LogP contribution is -2.07. The smallest absolute Gasteiger partial charge is 0.402 e. The molecule has 0 spiro atoms. The molecule has 0 aromatic rings. The zero-order valence-corrected chi connectivity index (χ0v) is 5.13. The Balaban J connectivity index is 0. The van der Waals surface area contributed by atoms with Crippen molar-refractivity contribution in [2.75, 3.05) is 0 Å². The van der Waals surface area contributed by atoms with Crippen molar-refractivity contribution in [1.29, 1.82) is 0 Å². The molecular weight excluding hydrogens is 107 g/mol. The van der Waals surface area contributed by atoms with Gasteiger partial charge in [0.05, 0.1) is 0 Å². The summed E-state index contributed by atoms with van der Waals surface area (Å²) in [5.74, 6) is 0. The van der Waals surface area contributed by atoms with Crippen LogP contribution in [-0.2, 0) is 0 Å². The zero-order valence-electron chi connectivity index (χ0n) is 5.13. The molecule has 0 fully saturated rings. The Morgan fingerprint density at radius 2 is 1.25 bits per heavy atom. The Hall–Kier alpha value is -0.315. The summed E-state index contributed by atoms with van der Waals surface area (Å²) in [6.45, 7) is 7.50. The van der Waals surface area contributed by atoms with Gasteiger partial charge in [0.2, 0.25) is 0 Å². The third-order valence-electron chi connectivity index (χ3n) is 0. The first kappa shape index (κ1) is 10.6. The van der Waals surface area contributed by atoms with Crippen molar-refractivity contribution in [3.8, 4) is 0 Å². The fourth-order valence-electron chi connectivity index (χ4n) is 0. The number of hydrogen-bond donors (Lipinski definition) is 3. The van der Waals surface area contributed by atoms with Crippen molar-refractivity contribution in [3.63, 3.8) is 0 Å². The SMILES string of the molecule is C=C(C)C.OB(O)O. The average molecular weight is 118 g/mol. The fraction of sp³-hybridized carbons (Fsp3) is 0.500. The van der Waals surface area contributed by atoms with Gasteiger partial charge in [-0.15, -0.1) is 6.58 Å². The fourth-order valence-corrected chi connectivity index (χ4v) is 0. The average Bonchev–Trinajstić information content (AvgIpc) is 1.25. The van der Waals surface area contributed by atoms with Crippen molar-refractivity contribution >= 4 is 7.32 Å². The highest BCUT2D eigenvalue weighted by atomic mass is 16.5. The summed E-state index contributed by atoms with van der Waals surface area (Å²) in [5, 5.41) is 21.5. The van der Waals surface area contributed by atoms with E-state index in [1.807, 2.05) is 13.8 Å². The maximum absolute atomic E-state index is 7.17. The predicted molar refractivity (Wildman–Crippen MR) is 32.9 cm³/mol. The van der Waals surface area contributed by atoms with Crippen LogP contribution in [0.1, 0.15) is 13.8 Å². The molecule has 0 aliphatic rings. The number of hydrogen-bond acceptors (Lipinski definition) is 3. The molecule has 0 saturated heterocycles. The van der Waals surface area contributed by atoms with E-state index in [4.69, 9.17) is 15.1 Å². The molecule has 0 saturated carbocycles. The van der Waals surface area contributed by atoms with Gasteiger partial charge in [0.15, 0.2) is 0 Å². The molecule has 3 N–H and O–H groups in total. The van der Waals surface area contributed by atoms with Crippen molar-refractivity contribution < 1.29 is 15.1 Å². The van der Waals surface area contributed by atoms with Gasteiger partial charge in [-0.1, -0.05) is 5.57 Å². The predicted octanol–water partition coefficient (Wildman–Crippen LogP) is -0.469. The molecular formula is C4H11BO3. The lowest BCUT2D eigenvalue weighted by atomic mass is 10.3. The topological polar surface area (TPSA) is 60.7 Å². The minimum absolute atomic E-state index is 1.17. The molecule has 0 atom stereocenters. The van der Waals surface area contributed by atoms with E-state index in [2.05, 4.69) is 6.58 Å². The van der Waals surface area contributed by atoms with E-state index in [9.17, 15) is 0 Å². The Bertz CT molecular complexity index is 55.5. The molecule has 3 nitrogen and oxygen atoms in total. The van der Waals surface area contributed by atoms with Gasteiger partial charge in [-0.2, -0.15) is 0 Å². The second-order valence-corrected chi connectivity index (χ2v) is 1.55. The highest BCUT2D eigenvalue weighted by molar-refractivity contribution is 6.30. The molecule has 0 heterocycles. The van der Waals surface area contributed by atoms with E-state index in [-0.39, 0.29) is 0 Å². The highest BCUT2D eigenvalue weighted by Gasteiger charge is 1.92. The molecule has 0 aromatic carbocycles. The molecule has 0 radical (unpaired) electrons. The first-order chi connectivity index (χ1) is 3.46. The van der Waals surface area contributed by atoms with Crippen LogP contribution in [0.4, 0.5) is 0 Å². The van der Waals surface area contributed by atoms with E-state index in [0.717, 1.165) is 0 Å². The van der Waals surface area contributed by atoms with Crippen LogP contribution in [0.2, 0.25) is 0 Å². The highest BCUT2D eigenvalue weighted by Crippen LogP contribution is 1.73. The summed E-state index contributed by atoms with van der Waals surface area (Å²) in [4.78, 5) is 0. The van der Waals surface area contributed by atoms with Crippen molar-refractivity contribution in [2.24, 2.45) is 0 Å². The molecule has 0 aliphatic carbocycles. The molecule has 4 heteroatoms. The van der Waals surface area contributed by atoms with Crippen LogP contribution in [0.15, 0.2) is 12.2 Å². The molecule has 0 amide bonds. The summed E-state index contributed by atoms with van der Waals surface area (Å²) < 4.78 is 0. The minimum atomic E-state index is -2.17. The summed E-state index contributed by atoms with van der Waals surface area (Å²) >= 11 is 0. The van der Waals surface area contributed by atoms with Gasteiger partial charge in [0.1, 0.15) is 0 Å². The van der Waals surface area contributed by atoms with Crippen LogP contribution in [0.25, 0.3) is 0 Å². The Labute approximate surface area is 49.5 Å². The zero-order chi connectivity index (χ0) is 7.15. The Morgan fingerprint density at radius 3 is 1.25 bits per heavy atom. The molecule has 0 aliphatic heterocycles. The van der Waals surface area contributed by atoms with Crippen LogP contribution in [0, 0.1) is 0 Å². The van der Waals surface area contributed by atoms with Gasteiger partial charge < -0.3 is 15.1 Å². The second-order valence-electron chi connectivity index (χ2n) is 1.55. The molecule has 48 valence electrons. The molecule has 0 unspecified atom stereocenters. The Morgan fingerprint density at radius 1 is 1.25 bits per heavy atom.